The van der Waals surface area contributed by atoms with Crippen LogP contribution in [0, 0.1) is 45.8 Å². The van der Waals surface area contributed by atoms with E-state index in [-0.39, 0.29) is 16.8 Å². The number of esters is 1. The Bertz CT molecular complexity index is 1290. The zero-order valence-corrected chi connectivity index (χ0v) is 23.8. The third-order valence-electron chi connectivity index (χ3n) is 9.78. The van der Waals surface area contributed by atoms with E-state index in [0.29, 0.717) is 35.2 Å². The zero-order valence-electron chi connectivity index (χ0n) is 23.0. The Labute approximate surface area is 230 Å². The Kier molecular flexibility index (Phi) is 6.42. The summed E-state index contributed by atoms with van der Waals surface area (Å²) in [7, 11) is 1.60. The molecule has 1 aromatic heterocycles. The molecule has 0 saturated heterocycles. The molecule has 2 aromatic rings. The van der Waals surface area contributed by atoms with E-state index in [9.17, 15) is 10.1 Å². The van der Waals surface area contributed by atoms with Crippen molar-refractivity contribution in [2.24, 2.45) is 39.5 Å². The fourth-order valence-electron chi connectivity index (χ4n) is 8.07. The Morgan fingerprint density at radius 1 is 1.13 bits per heavy atom. The Morgan fingerprint density at radius 2 is 1.82 bits per heavy atom. The topological polar surface area (TPSA) is 71.7 Å². The van der Waals surface area contributed by atoms with Crippen LogP contribution in [0.4, 0.5) is 5.00 Å². The number of methoxy groups -OCH3 is 1. The second-order valence-corrected chi connectivity index (χ2v) is 14.4. The first kappa shape index (κ1) is 25.6. The molecule has 4 bridgehead atoms. The summed E-state index contributed by atoms with van der Waals surface area (Å²) in [6, 6.07) is 8.00. The summed E-state index contributed by atoms with van der Waals surface area (Å²) in [6.45, 7) is 6.91. The standard InChI is InChI=1S/C32H38N2O3S/c1-31(2,3)23-6-7-24-25(17-33)29(38-28(24)13-23)34-18-19-5-8-26(27(12-19)36-4)37-30(35)32-14-20-9-21(15-32)11-22(10-20)16-32/h5,8,12,18,20-23H,6-7,9-11,13-16H2,1-4H3/t20?,21?,22?,23-,32?/m1/s1. The second-order valence-electron chi connectivity index (χ2n) is 13.4. The average Bonchev–Trinajstić information content (AvgIpc) is 3.23. The van der Waals surface area contributed by atoms with Gasteiger partial charge in [0, 0.05) is 11.1 Å². The molecule has 0 aliphatic heterocycles. The summed E-state index contributed by atoms with van der Waals surface area (Å²) < 4.78 is 11.6. The Balaban J connectivity index is 1.19. The molecule has 4 saturated carbocycles. The van der Waals surface area contributed by atoms with Gasteiger partial charge in [0.05, 0.1) is 18.1 Å². The lowest BCUT2D eigenvalue weighted by molar-refractivity contribution is -0.161. The molecule has 5 aliphatic carbocycles. The maximum atomic E-state index is 13.4. The van der Waals surface area contributed by atoms with Crippen molar-refractivity contribution in [2.75, 3.05) is 7.11 Å². The van der Waals surface area contributed by atoms with Crippen LogP contribution in [0.25, 0.3) is 0 Å². The third kappa shape index (κ3) is 4.57. The molecule has 1 aromatic carbocycles. The second kappa shape index (κ2) is 9.52. The van der Waals surface area contributed by atoms with E-state index in [1.54, 1.807) is 24.7 Å². The molecule has 1 heterocycles. The SMILES string of the molecule is COc1cc(C=Nc2sc3c(c2C#N)CC[C@@H](C(C)(C)C)C3)ccc1OC(=O)C12CC3CC(CC(C3)C1)C2. The quantitative estimate of drug-likeness (QED) is 0.226. The van der Waals surface area contributed by atoms with Gasteiger partial charge >= 0.3 is 5.97 Å². The number of rotatable bonds is 5. The lowest BCUT2D eigenvalue weighted by atomic mass is 9.49. The molecule has 6 heteroatoms. The number of thiophene rings is 1. The number of fused-ring (bicyclic) bond motifs is 1. The molecule has 1 atom stereocenters. The number of aliphatic imine (C=N–C) groups is 1. The first-order chi connectivity index (χ1) is 18.2. The van der Waals surface area contributed by atoms with E-state index in [1.807, 2.05) is 18.2 Å². The van der Waals surface area contributed by atoms with E-state index in [2.05, 4.69) is 26.8 Å². The fourth-order valence-corrected chi connectivity index (χ4v) is 9.29. The Morgan fingerprint density at radius 3 is 2.42 bits per heavy atom. The van der Waals surface area contributed by atoms with Gasteiger partial charge < -0.3 is 9.47 Å². The van der Waals surface area contributed by atoms with Crippen LogP contribution in [-0.4, -0.2) is 19.3 Å². The highest BCUT2D eigenvalue weighted by Crippen LogP contribution is 2.60. The van der Waals surface area contributed by atoms with Gasteiger partial charge in [-0.25, -0.2) is 4.99 Å². The summed E-state index contributed by atoms with van der Waals surface area (Å²) in [5.41, 5.74) is 2.71. The van der Waals surface area contributed by atoms with Gasteiger partial charge in [0.1, 0.15) is 11.1 Å². The van der Waals surface area contributed by atoms with Crippen LogP contribution < -0.4 is 9.47 Å². The molecule has 0 amide bonds. The van der Waals surface area contributed by atoms with Gasteiger partial charge in [-0.2, -0.15) is 5.26 Å². The summed E-state index contributed by atoms with van der Waals surface area (Å²) in [5, 5.41) is 10.7. The van der Waals surface area contributed by atoms with E-state index >= 15 is 0 Å². The van der Waals surface area contributed by atoms with Crippen LogP contribution in [-0.2, 0) is 17.6 Å². The maximum absolute atomic E-state index is 13.4. The van der Waals surface area contributed by atoms with Gasteiger partial charge in [0.15, 0.2) is 11.5 Å². The molecule has 5 nitrogen and oxygen atoms in total. The maximum Gasteiger partial charge on any atom is 0.317 e. The molecule has 4 fully saturated rings. The van der Waals surface area contributed by atoms with Crippen molar-refractivity contribution in [3.63, 3.8) is 0 Å². The number of nitrogens with zero attached hydrogens (tertiary/aromatic N) is 2. The van der Waals surface area contributed by atoms with Crippen LogP contribution >= 0.6 is 11.3 Å². The normalized spacial score (nSPS) is 29.8. The molecule has 38 heavy (non-hydrogen) atoms. The number of ether oxygens (including phenoxy) is 2. The molecule has 200 valence electrons. The van der Waals surface area contributed by atoms with Gasteiger partial charge in [0.25, 0.3) is 0 Å². The van der Waals surface area contributed by atoms with Crippen molar-refractivity contribution in [1.82, 2.24) is 0 Å². The van der Waals surface area contributed by atoms with Crippen LogP contribution in [0.3, 0.4) is 0 Å². The highest BCUT2D eigenvalue weighted by molar-refractivity contribution is 7.16. The fraction of sp³-hybridized carbons (Fsp3) is 0.594. The van der Waals surface area contributed by atoms with Gasteiger partial charge in [-0.15, -0.1) is 11.3 Å². The highest BCUT2D eigenvalue weighted by Gasteiger charge is 2.55. The van der Waals surface area contributed by atoms with Crippen molar-refractivity contribution < 1.29 is 14.3 Å². The lowest BCUT2D eigenvalue weighted by Crippen LogP contribution is -2.51. The van der Waals surface area contributed by atoms with Gasteiger partial charge in [0.2, 0.25) is 0 Å². The summed E-state index contributed by atoms with van der Waals surface area (Å²) >= 11 is 1.65. The largest absolute Gasteiger partial charge is 0.493 e. The van der Waals surface area contributed by atoms with Crippen LogP contribution in [0.5, 0.6) is 11.5 Å². The Hall–Kier alpha value is -2.65. The smallest absolute Gasteiger partial charge is 0.317 e. The first-order valence-electron chi connectivity index (χ1n) is 14.2. The van der Waals surface area contributed by atoms with Gasteiger partial charge in [-0.05, 0) is 116 Å². The van der Waals surface area contributed by atoms with E-state index in [4.69, 9.17) is 14.5 Å². The number of hydrogen-bond acceptors (Lipinski definition) is 6. The minimum atomic E-state index is -0.308. The van der Waals surface area contributed by atoms with Crippen molar-refractivity contribution in [3.05, 3.63) is 39.8 Å². The number of carbonyl (C=O) groups is 1. The average molecular weight is 531 g/mol. The van der Waals surface area contributed by atoms with E-state index in [0.717, 1.165) is 54.7 Å². The number of hydrogen-bond donors (Lipinski definition) is 0. The minimum Gasteiger partial charge on any atom is -0.493 e. The molecule has 7 rings (SSSR count). The van der Waals surface area contributed by atoms with E-state index in [1.165, 1.54) is 29.7 Å². The summed E-state index contributed by atoms with van der Waals surface area (Å²) in [5.74, 6) is 3.62. The van der Waals surface area contributed by atoms with Crippen LogP contribution in [0.2, 0.25) is 0 Å². The molecule has 0 unspecified atom stereocenters. The summed E-state index contributed by atoms with van der Waals surface area (Å²) in [4.78, 5) is 19.5. The predicted octanol–water partition coefficient (Wildman–Crippen LogP) is 7.65. The monoisotopic (exact) mass is 530 g/mol. The summed E-state index contributed by atoms with van der Waals surface area (Å²) in [6.07, 6.45) is 11.7. The highest BCUT2D eigenvalue weighted by atomic mass is 32.1. The lowest BCUT2D eigenvalue weighted by Gasteiger charge is -2.55. The number of nitriles is 1. The van der Waals surface area contributed by atoms with Crippen LogP contribution in [0.1, 0.15) is 87.3 Å². The van der Waals surface area contributed by atoms with E-state index < -0.39 is 0 Å². The predicted molar refractivity (Wildman–Crippen MR) is 150 cm³/mol. The first-order valence-corrected chi connectivity index (χ1v) is 15.0. The molecule has 0 N–H and O–H groups in total. The van der Waals surface area contributed by atoms with Gasteiger partial charge in [-0.3, -0.25) is 4.79 Å². The minimum absolute atomic E-state index is 0.0762. The number of benzene rings is 1. The van der Waals surface area contributed by atoms with Gasteiger partial charge in [-0.1, -0.05) is 20.8 Å². The molecule has 0 radical (unpaired) electrons. The zero-order chi connectivity index (χ0) is 26.7. The molecular formula is C32H38N2O3S. The molecule has 0 spiro atoms. The molecule has 5 aliphatic rings. The molecular weight excluding hydrogens is 492 g/mol. The van der Waals surface area contributed by atoms with Crippen molar-refractivity contribution >= 4 is 28.5 Å². The third-order valence-corrected chi connectivity index (χ3v) is 10.9. The van der Waals surface area contributed by atoms with Crippen molar-refractivity contribution in [2.45, 2.75) is 78.6 Å². The number of carbonyl (C=O) groups excluding carboxylic acids is 1. The van der Waals surface area contributed by atoms with Crippen molar-refractivity contribution in [3.8, 4) is 17.6 Å². The van der Waals surface area contributed by atoms with Crippen LogP contribution in [0.15, 0.2) is 23.2 Å². The van der Waals surface area contributed by atoms with Crippen molar-refractivity contribution in [1.29, 1.82) is 5.26 Å².